The lowest BCUT2D eigenvalue weighted by Gasteiger charge is -2.08. The first-order chi connectivity index (χ1) is 14.8. The van der Waals surface area contributed by atoms with Gasteiger partial charge in [-0.2, -0.15) is 0 Å². The Morgan fingerprint density at radius 1 is 1.06 bits per heavy atom. The molecule has 3 aromatic rings. The van der Waals surface area contributed by atoms with Gasteiger partial charge in [-0.3, -0.25) is 20.4 Å². The molecule has 1 heterocycles. The Morgan fingerprint density at radius 3 is 2.45 bits per heavy atom. The summed E-state index contributed by atoms with van der Waals surface area (Å²) in [5.41, 5.74) is 6.28. The first-order valence-electron chi connectivity index (χ1n) is 9.34. The van der Waals surface area contributed by atoms with E-state index in [9.17, 15) is 18.0 Å². The van der Waals surface area contributed by atoms with Crippen molar-refractivity contribution in [3.05, 3.63) is 65.2 Å². The van der Waals surface area contributed by atoms with Crippen molar-refractivity contribution in [2.24, 2.45) is 0 Å². The number of nitrogens with zero attached hydrogens (tertiary/aromatic N) is 1. The standard InChI is InChI=1S/C21H21N3O5S2/c1-3-29-18-7-5-4-6-17(18)21-22-15(13-30-21)12-19(25)23-24-20(26)14-8-10-16(11-9-14)31(2,27)28/h4-11,13H,3,12H2,1-2H3,(H,23,25)(H,24,26). The molecule has 0 aliphatic carbocycles. The van der Waals surface area contributed by atoms with Crippen LogP contribution in [0.4, 0.5) is 0 Å². The Labute approximate surface area is 184 Å². The second-order valence-electron chi connectivity index (χ2n) is 6.55. The smallest absolute Gasteiger partial charge is 0.269 e. The normalized spacial score (nSPS) is 11.0. The number of para-hydroxylation sites is 1. The van der Waals surface area contributed by atoms with E-state index < -0.39 is 21.7 Å². The number of carbonyl (C=O) groups excluding carboxylic acids is 2. The molecule has 0 saturated carbocycles. The van der Waals surface area contributed by atoms with Crippen molar-refractivity contribution in [3.63, 3.8) is 0 Å². The largest absolute Gasteiger partial charge is 0.493 e. The van der Waals surface area contributed by atoms with Gasteiger partial charge in [0, 0.05) is 17.2 Å². The van der Waals surface area contributed by atoms with Crippen molar-refractivity contribution >= 4 is 33.0 Å². The van der Waals surface area contributed by atoms with Crippen molar-refractivity contribution in [1.82, 2.24) is 15.8 Å². The number of aromatic nitrogens is 1. The lowest BCUT2D eigenvalue weighted by Crippen LogP contribution is -2.42. The summed E-state index contributed by atoms with van der Waals surface area (Å²) in [6.07, 6.45) is 1.07. The maximum absolute atomic E-state index is 12.2. The molecule has 0 aliphatic heterocycles. The second-order valence-corrected chi connectivity index (χ2v) is 9.42. The van der Waals surface area contributed by atoms with Crippen molar-refractivity contribution in [2.45, 2.75) is 18.2 Å². The monoisotopic (exact) mass is 459 g/mol. The van der Waals surface area contributed by atoms with Gasteiger partial charge in [-0.25, -0.2) is 13.4 Å². The molecule has 2 amide bonds. The van der Waals surface area contributed by atoms with E-state index in [1.807, 2.05) is 31.2 Å². The van der Waals surface area contributed by atoms with Gasteiger partial charge in [-0.1, -0.05) is 12.1 Å². The van der Waals surface area contributed by atoms with E-state index in [4.69, 9.17) is 4.74 Å². The fourth-order valence-electron chi connectivity index (χ4n) is 2.70. The summed E-state index contributed by atoms with van der Waals surface area (Å²) in [5.74, 6) is -0.265. The van der Waals surface area contributed by atoms with Gasteiger partial charge in [0.05, 0.1) is 29.2 Å². The molecular weight excluding hydrogens is 438 g/mol. The predicted molar refractivity (Wildman–Crippen MR) is 118 cm³/mol. The Bertz CT molecular complexity index is 1190. The Hall–Kier alpha value is -3.24. The minimum atomic E-state index is -3.35. The van der Waals surface area contributed by atoms with Crippen LogP contribution in [0.25, 0.3) is 10.6 Å². The Balaban J connectivity index is 1.58. The van der Waals surface area contributed by atoms with Gasteiger partial charge in [0.15, 0.2) is 9.84 Å². The van der Waals surface area contributed by atoms with Gasteiger partial charge in [-0.05, 0) is 43.3 Å². The van der Waals surface area contributed by atoms with Crippen molar-refractivity contribution < 1.29 is 22.7 Å². The third-order valence-corrected chi connectivity index (χ3v) is 6.22. The van der Waals surface area contributed by atoms with Crippen molar-refractivity contribution in [3.8, 4) is 16.3 Å². The summed E-state index contributed by atoms with van der Waals surface area (Å²) in [6, 6.07) is 13.0. The number of amides is 2. The number of ether oxygens (including phenoxy) is 1. The average Bonchev–Trinajstić information content (AvgIpc) is 3.20. The summed E-state index contributed by atoms with van der Waals surface area (Å²) in [7, 11) is -3.35. The first kappa shape index (κ1) is 22.4. The van der Waals surface area contributed by atoms with E-state index in [1.165, 1.54) is 35.6 Å². The number of thiazole rings is 1. The van der Waals surface area contributed by atoms with Gasteiger partial charge in [-0.15, -0.1) is 11.3 Å². The topological polar surface area (TPSA) is 114 Å². The van der Waals surface area contributed by atoms with Crippen LogP contribution in [-0.2, 0) is 21.1 Å². The highest BCUT2D eigenvalue weighted by Gasteiger charge is 2.14. The molecule has 0 aliphatic rings. The van der Waals surface area contributed by atoms with Gasteiger partial charge in [0.2, 0.25) is 5.91 Å². The molecule has 10 heteroatoms. The van der Waals surface area contributed by atoms with Gasteiger partial charge in [0.1, 0.15) is 10.8 Å². The molecule has 0 fully saturated rings. The molecule has 162 valence electrons. The van der Waals surface area contributed by atoms with Crippen LogP contribution in [0, 0.1) is 0 Å². The van der Waals surface area contributed by atoms with Crippen LogP contribution in [0.1, 0.15) is 23.0 Å². The number of nitrogens with one attached hydrogen (secondary N) is 2. The van der Waals surface area contributed by atoms with E-state index in [2.05, 4.69) is 15.8 Å². The van der Waals surface area contributed by atoms with Crippen LogP contribution in [0.5, 0.6) is 5.75 Å². The zero-order chi connectivity index (χ0) is 22.4. The lowest BCUT2D eigenvalue weighted by atomic mass is 10.2. The second kappa shape index (κ2) is 9.71. The molecule has 2 N–H and O–H groups in total. The van der Waals surface area contributed by atoms with Crippen molar-refractivity contribution in [1.29, 1.82) is 0 Å². The average molecular weight is 460 g/mol. The fourth-order valence-corrected chi connectivity index (χ4v) is 4.18. The number of benzene rings is 2. The SMILES string of the molecule is CCOc1ccccc1-c1nc(CC(=O)NNC(=O)c2ccc(S(C)(=O)=O)cc2)cs1. The minimum Gasteiger partial charge on any atom is -0.493 e. The Morgan fingerprint density at radius 2 is 1.77 bits per heavy atom. The summed E-state index contributed by atoms with van der Waals surface area (Å²) < 4.78 is 28.6. The molecule has 1 aromatic heterocycles. The van der Waals surface area contributed by atoms with E-state index in [1.54, 1.807) is 5.38 Å². The summed E-state index contributed by atoms with van der Waals surface area (Å²) in [4.78, 5) is 28.9. The zero-order valence-electron chi connectivity index (χ0n) is 16.9. The number of hydrogen-bond acceptors (Lipinski definition) is 7. The number of rotatable bonds is 7. The molecular formula is C21H21N3O5S2. The summed E-state index contributed by atoms with van der Waals surface area (Å²) >= 11 is 1.40. The zero-order valence-corrected chi connectivity index (χ0v) is 18.5. The molecule has 0 bridgehead atoms. The Kier molecular flexibility index (Phi) is 7.03. The number of hydrazine groups is 1. The van der Waals surface area contributed by atoms with Crippen LogP contribution in [0.2, 0.25) is 0 Å². The molecule has 3 rings (SSSR count). The first-order valence-corrected chi connectivity index (χ1v) is 12.1. The maximum Gasteiger partial charge on any atom is 0.269 e. The minimum absolute atomic E-state index is 0.0133. The van der Waals surface area contributed by atoms with Crippen LogP contribution in [0.15, 0.2) is 58.8 Å². The van der Waals surface area contributed by atoms with Crippen LogP contribution in [0.3, 0.4) is 0 Å². The number of carbonyl (C=O) groups is 2. The molecule has 8 nitrogen and oxygen atoms in total. The number of hydrogen-bond donors (Lipinski definition) is 2. The van der Waals surface area contributed by atoms with Crippen molar-refractivity contribution in [2.75, 3.05) is 12.9 Å². The van der Waals surface area contributed by atoms with E-state index in [-0.39, 0.29) is 16.9 Å². The van der Waals surface area contributed by atoms with E-state index >= 15 is 0 Å². The highest BCUT2D eigenvalue weighted by molar-refractivity contribution is 7.90. The molecule has 0 unspecified atom stereocenters. The van der Waals surface area contributed by atoms with Gasteiger partial charge >= 0.3 is 0 Å². The van der Waals surface area contributed by atoms with Gasteiger partial charge < -0.3 is 4.74 Å². The number of sulfone groups is 1. The van der Waals surface area contributed by atoms with Crippen LogP contribution in [-0.4, -0.2) is 38.1 Å². The highest BCUT2D eigenvalue weighted by Crippen LogP contribution is 2.32. The molecule has 0 atom stereocenters. The molecule has 0 spiro atoms. The van der Waals surface area contributed by atoms with Crippen LogP contribution >= 0.6 is 11.3 Å². The maximum atomic E-state index is 12.2. The quantitative estimate of drug-likeness (QED) is 0.525. The predicted octanol–water partition coefficient (Wildman–Crippen LogP) is 2.62. The molecule has 0 radical (unpaired) electrons. The van der Waals surface area contributed by atoms with E-state index in [0.717, 1.165) is 22.6 Å². The molecule has 31 heavy (non-hydrogen) atoms. The third kappa shape index (κ3) is 5.89. The highest BCUT2D eigenvalue weighted by atomic mass is 32.2. The van der Waals surface area contributed by atoms with Crippen LogP contribution < -0.4 is 15.6 Å². The third-order valence-electron chi connectivity index (χ3n) is 4.17. The lowest BCUT2D eigenvalue weighted by molar-refractivity contribution is -0.121. The molecule has 0 saturated heterocycles. The summed E-state index contributed by atoms with van der Waals surface area (Å²) in [5, 5.41) is 2.52. The summed E-state index contributed by atoms with van der Waals surface area (Å²) in [6.45, 7) is 2.44. The molecule has 2 aromatic carbocycles. The van der Waals surface area contributed by atoms with E-state index in [0.29, 0.717) is 12.3 Å². The van der Waals surface area contributed by atoms with Gasteiger partial charge in [0.25, 0.3) is 5.91 Å². The fraction of sp³-hybridized carbons (Fsp3) is 0.190.